The van der Waals surface area contributed by atoms with E-state index in [0.29, 0.717) is 13.0 Å². The van der Waals surface area contributed by atoms with E-state index in [4.69, 9.17) is 13.9 Å². The molecule has 0 radical (unpaired) electrons. The standard InChI is InChI=1S/C16H30O4SSi/c1-15(2,3)22(6,7)20-14(12-8-9-13(17)21-12)11-10-18-16(4,5)19-11/h11-12,14H,8-10H2,1-7H3/t11-,12-,14-/m0/s1. The molecule has 0 N–H and O–H groups in total. The minimum absolute atomic E-state index is 0.0703. The van der Waals surface area contributed by atoms with Gasteiger partial charge in [0.1, 0.15) is 6.10 Å². The van der Waals surface area contributed by atoms with E-state index in [1.165, 1.54) is 11.8 Å². The van der Waals surface area contributed by atoms with Crippen molar-refractivity contribution in [3.63, 3.8) is 0 Å². The Morgan fingerprint density at radius 2 is 2.00 bits per heavy atom. The van der Waals surface area contributed by atoms with E-state index in [1.807, 2.05) is 13.8 Å². The minimum atomic E-state index is -1.93. The SMILES string of the molecule is CC1(C)OC[C@@H]([C@H](O[Si](C)(C)C(C)(C)C)[C@@H]2CCC(=O)S2)O1. The molecule has 0 amide bonds. The molecule has 2 saturated heterocycles. The number of ether oxygens (including phenoxy) is 2. The highest BCUT2D eigenvalue weighted by atomic mass is 32.2. The Hall–Kier alpha value is 0.117. The third-order valence-corrected chi connectivity index (χ3v) is 10.7. The van der Waals surface area contributed by atoms with Crippen LogP contribution in [-0.2, 0) is 18.7 Å². The van der Waals surface area contributed by atoms with Gasteiger partial charge in [-0.15, -0.1) is 0 Å². The van der Waals surface area contributed by atoms with Crippen LogP contribution in [0.15, 0.2) is 0 Å². The fourth-order valence-corrected chi connectivity index (χ4v) is 5.19. The van der Waals surface area contributed by atoms with Crippen molar-refractivity contribution in [1.82, 2.24) is 0 Å². The van der Waals surface area contributed by atoms with Crippen molar-refractivity contribution in [2.45, 2.75) is 88.8 Å². The van der Waals surface area contributed by atoms with Crippen molar-refractivity contribution >= 4 is 25.2 Å². The van der Waals surface area contributed by atoms with E-state index >= 15 is 0 Å². The lowest BCUT2D eigenvalue weighted by Crippen LogP contribution is -2.51. The Kier molecular flexibility index (Phi) is 5.20. The van der Waals surface area contributed by atoms with E-state index in [0.717, 1.165) is 6.42 Å². The molecule has 0 spiro atoms. The normalized spacial score (nSPS) is 30.8. The largest absolute Gasteiger partial charge is 0.410 e. The van der Waals surface area contributed by atoms with Gasteiger partial charge >= 0.3 is 0 Å². The van der Waals surface area contributed by atoms with Crippen molar-refractivity contribution < 1.29 is 18.7 Å². The van der Waals surface area contributed by atoms with Crippen LogP contribution in [0, 0.1) is 0 Å². The molecule has 0 aromatic carbocycles. The molecule has 6 heteroatoms. The van der Waals surface area contributed by atoms with Gasteiger partial charge in [-0.3, -0.25) is 4.79 Å². The Labute approximate surface area is 139 Å². The van der Waals surface area contributed by atoms with Crippen LogP contribution in [0.5, 0.6) is 0 Å². The number of carbonyl (C=O) groups excluding carboxylic acids is 1. The summed E-state index contributed by atoms with van der Waals surface area (Å²) in [6.07, 6.45) is 1.36. The summed E-state index contributed by atoms with van der Waals surface area (Å²) >= 11 is 1.43. The second-order valence-corrected chi connectivity index (χ2v) is 14.3. The average molecular weight is 347 g/mol. The van der Waals surface area contributed by atoms with Crippen LogP contribution >= 0.6 is 11.8 Å². The molecule has 0 aromatic rings. The maximum atomic E-state index is 11.7. The predicted molar refractivity (Wildman–Crippen MR) is 92.6 cm³/mol. The van der Waals surface area contributed by atoms with Crippen molar-refractivity contribution in [2.75, 3.05) is 6.61 Å². The molecule has 22 heavy (non-hydrogen) atoms. The van der Waals surface area contributed by atoms with Crippen LogP contribution in [0.3, 0.4) is 0 Å². The summed E-state index contributed by atoms with van der Waals surface area (Å²) in [5.41, 5.74) is 0. The van der Waals surface area contributed by atoms with Crippen molar-refractivity contribution in [3.05, 3.63) is 0 Å². The van der Waals surface area contributed by atoms with Gasteiger partial charge in [-0.05, 0) is 38.4 Å². The van der Waals surface area contributed by atoms with E-state index in [-0.39, 0.29) is 27.6 Å². The molecular formula is C16H30O4SSi. The number of carbonyl (C=O) groups is 1. The first-order valence-electron chi connectivity index (χ1n) is 8.10. The molecule has 2 aliphatic heterocycles. The van der Waals surface area contributed by atoms with Gasteiger partial charge in [0.25, 0.3) is 0 Å². The van der Waals surface area contributed by atoms with Gasteiger partial charge in [0.15, 0.2) is 19.2 Å². The number of hydrogen-bond acceptors (Lipinski definition) is 5. The van der Waals surface area contributed by atoms with E-state index < -0.39 is 14.1 Å². The molecule has 2 aliphatic rings. The summed E-state index contributed by atoms with van der Waals surface area (Å²) in [4.78, 5) is 11.7. The van der Waals surface area contributed by atoms with Crippen LogP contribution in [0.1, 0.15) is 47.5 Å². The maximum Gasteiger partial charge on any atom is 0.192 e. The minimum Gasteiger partial charge on any atom is -0.410 e. The molecule has 2 rings (SSSR count). The molecular weight excluding hydrogens is 316 g/mol. The molecule has 2 heterocycles. The summed E-state index contributed by atoms with van der Waals surface area (Å²) in [5.74, 6) is -0.563. The van der Waals surface area contributed by atoms with Gasteiger partial charge in [-0.1, -0.05) is 32.5 Å². The smallest absolute Gasteiger partial charge is 0.192 e. The van der Waals surface area contributed by atoms with Crippen LogP contribution in [0.2, 0.25) is 18.1 Å². The quantitative estimate of drug-likeness (QED) is 0.721. The molecule has 0 unspecified atom stereocenters. The van der Waals surface area contributed by atoms with E-state index in [9.17, 15) is 4.79 Å². The van der Waals surface area contributed by atoms with Crippen molar-refractivity contribution in [2.24, 2.45) is 0 Å². The van der Waals surface area contributed by atoms with Crippen LogP contribution in [-0.4, -0.2) is 43.3 Å². The maximum absolute atomic E-state index is 11.7. The lowest BCUT2D eigenvalue weighted by molar-refractivity contribution is -0.149. The Balaban J connectivity index is 2.17. The molecule has 3 atom stereocenters. The van der Waals surface area contributed by atoms with Crippen molar-refractivity contribution in [1.29, 1.82) is 0 Å². The van der Waals surface area contributed by atoms with Gasteiger partial charge in [0, 0.05) is 11.7 Å². The summed E-state index contributed by atoms with van der Waals surface area (Å²) in [7, 11) is -1.93. The number of thioether (sulfide) groups is 1. The molecule has 128 valence electrons. The van der Waals surface area contributed by atoms with Crippen molar-refractivity contribution in [3.8, 4) is 0 Å². The lowest BCUT2D eigenvalue weighted by atomic mass is 10.1. The van der Waals surface area contributed by atoms with E-state index in [1.54, 1.807) is 0 Å². The fraction of sp³-hybridized carbons (Fsp3) is 0.938. The van der Waals surface area contributed by atoms with Crippen LogP contribution in [0.25, 0.3) is 0 Å². The number of hydrogen-bond donors (Lipinski definition) is 0. The Morgan fingerprint density at radius 1 is 1.36 bits per heavy atom. The molecule has 2 fully saturated rings. The summed E-state index contributed by atoms with van der Waals surface area (Å²) in [6.45, 7) is 15.6. The molecule has 0 saturated carbocycles. The zero-order valence-electron chi connectivity index (χ0n) is 14.9. The van der Waals surface area contributed by atoms with Gasteiger partial charge in [-0.25, -0.2) is 0 Å². The zero-order chi connectivity index (χ0) is 16.8. The highest BCUT2D eigenvalue weighted by Crippen LogP contribution is 2.42. The summed E-state index contributed by atoms with van der Waals surface area (Å²) in [6, 6.07) is 0. The zero-order valence-corrected chi connectivity index (χ0v) is 16.7. The summed E-state index contributed by atoms with van der Waals surface area (Å²) < 4.78 is 18.5. The third kappa shape index (κ3) is 4.14. The molecule has 0 aromatic heterocycles. The van der Waals surface area contributed by atoms with Crippen LogP contribution < -0.4 is 0 Å². The van der Waals surface area contributed by atoms with Gasteiger partial charge in [0.05, 0.1) is 12.7 Å². The highest BCUT2D eigenvalue weighted by molar-refractivity contribution is 8.14. The third-order valence-electron chi connectivity index (χ3n) is 4.92. The van der Waals surface area contributed by atoms with Crippen LogP contribution in [0.4, 0.5) is 0 Å². The predicted octanol–water partition coefficient (Wildman–Crippen LogP) is 3.95. The van der Waals surface area contributed by atoms with Gasteiger partial charge < -0.3 is 13.9 Å². The first-order chi connectivity index (χ1) is 9.91. The first-order valence-corrected chi connectivity index (χ1v) is 11.9. The average Bonchev–Trinajstić information content (AvgIpc) is 2.91. The highest BCUT2D eigenvalue weighted by Gasteiger charge is 2.48. The topological polar surface area (TPSA) is 44.8 Å². The molecule has 0 aliphatic carbocycles. The second-order valence-electron chi connectivity index (χ2n) is 8.28. The number of rotatable bonds is 4. The summed E-state index contributed by atoms with van der Waals surface area (Å²) in [5, 5.41) is 0.587. The van der Waals surface area contributed by atoms with E-state index in [2.05, 4.69) is 33.9 Å². The monoisotopic (exact) mass is 346 g/mol. The second kappa shape index (κ2) is 6.20. The van der Waals surface area contributed by atoms with Gasteiger partial charge in [-0.2, -0.15) is 0 Å². The molecule has 0 bridgehead atoms. The molecule has 4 nitrogen and oxygen atoms in total. The van der Waals surface area contributed by atoms with Gasteiger partial charge in [0.2, 0.25) is 0 Å². The Bertz CT molecular complexity index is 430. The first kappa shape index (κ1) is 18.5. The fourth-order valence-electron chi connectivity index (χ4n) is 2.56. The Morgan fingerprint density at radius 3 is 2.41 bits per heavy atom. The lowest BCUT2D eigenvalue weighted by Gasteiger charge is -2.42.